The van der Waals surface area contributed by atoms with Crippen LogP contribution in [-0.4, -0.2) is 17.7 Å². The van der Waals surface area contributed by atoms with Crippen LogP contribution in [0.5, 0.6) is 0 Å². The van der Waals surface area contributed by atoms with E-state index in [0.717, 1.165) is 0 Å². The first-order valence-corrected chi connectivity index (χ1v) is 5.58. The van der Waals surface area contributed by atoms with Crippen molar-refractivity contribution in [2.45, 2.75) is 50.8 Å². The summed E-state index contributed by atoms with van der Waals surface area (Å²) in [5, 5.41) is 0. The lowest BCUT2D eigenvalue weighted by atomic mass is 9.98. The van der Waals surface area contributed by atoms with Gasteiger partial charge in [0.1, 0.15) is 5.60 Å². The fraction of sp³-hybridized carbons (Fsp3) is 0.727. The first-order chi connectivity index (χ1) is 8.22. The lowest BCUT2D eigenvalue weighted by molar-refractivity contribution is -0.166. The molecule has 0 aromatic heterocycles. The van der Waals surface area contributed by atoms with Crippen molar-refractivity contribution < 1.29 is 31.5 Å². The van der Waals surface area contributed by atoms with E-state index in [2.05, 4.69) is 0 Å². The van der Waals surface area contributed by atoms with Crippen molar-refractivity contribution in [3.05, 3.63) is 11.7 Å². The highest BCUT2D eigenvalue weighted by Crippen LogP contribution is 2.38. The van der Waals surface area contributed by atoms with Gasteiger partial charge in [-0.1, -0.05) is 6.92 Å². The molecule has 0 spiro atoms. The molecule has 0 aromatic rings. The van der Waals surface area contributed by atoms with Crippen LogP contribution >= 0.6 is 0 Å². The summed E-state index contributed by atoms with van der Waals surface area (Å²) in [4.78, 5) is 11.3. The monoisotopic (exact) mass is 272 g/mol. The van der Waals surface area contributed by atoms with Crippen molar-refractivity contribution in [2.24, 2.45) is 0 Å². The van der Waals surface area contributed by atoms with E-state index < -0.39 is 29.4 Å². The maximum absolute atomic E-state index is 12.3. The zero-order valence-corrected chi connectivity index (χ0v) is 9.74. The standard InChI is InChI=1S/C11H13F5O2/c1-2-10(5-3-4-6-10)18-9(17)7(8(12)13)11(14,15)16/h2-6H2,1H3. The van der Waals surface area contributed by atoms with Crippen LogP contribution in [-0.2, 0) is 9.53 Å². The van der Waals surface area contributed by atoms with Gasteiger partial charge in [-0.3, -0.25) is 0 Å². The first-order valence-electron chi connectivity index (χ1n) is 5.58. The molecule has 2 nitrogen and oxygen atoms in total. The van der Waals surface area contributed by atoms with Gasteiger partial charge >= 0.3 is 12.1 Å². The van der Waals surface area contributed by atoms with Crippen LogP contribution in [0.3, 0.4) is 0 Å². The molecule has 0 N–H and O–H groups in total. The Hall–Kier alpha value is -1.14. The molecule has 0 saturated heterocycles. The number of carbonyl (C=O) groups is 1. The molecule has 0 aromatic carbocycles. The second-order valence-corrected chi connectivity index (χ2v) is 4.27. The van der Waals surface area contributed by atoms with Crippen molar-refractivity contribution in [1.29, 1.82) is 0 Å². The van der Waals surface area contributed by atoms with Gasteiger partial charge in [0.25, 0.3) is 6.08 Å². The van der Waals surface area contributed by atoms with Gasteiger partial charge in [0, 0.05) is 0 Å². The Morgan fingerprint density at radius 3 is 2.06 bits per heavy atom. The largest absolute Gasteiger partial charge is 0.455 e. The summed E-state index contributed by atoms with van der Waals surface area (Å²) < 4.78 is 66.0. The van der Waals surface area contributed by atoms with Gasteiger partial charge in [-0.2, -0.15) is 22.0 Å². The van der Waals surface area contributed by atoms with E-state index in [1.807, 2.05) is 0 Å². The predicted molar refractivity (Wildman–Crippen MR) is 52.9 cm³/mol. The molecule has 1 aliphatic carbocycles. The fourth-order valence-corrected chi connectivity index (χ4v) is 2.09. The second kappa shape index (κ2) is 5.24. The third-order valence-electron chi connectivity index (χ3n) is 3.14. The zero-order chi connectivity index (χ0) is 14.0. The number of carbonyl (C=O) groups excluding carboxylic acids is 1. The number of rotatable bonds is 3. The van der Waals surface area contributed by atoms with Crippen molar-refractivity contribution >= 4 is 5.97 Å². The SMILES string of the molecule is CCC1(OC(=O)C(=C(F)F)C(F)(F)F)CCCC1. The van der Waals surface area contributed by atoms with E-state index in [9.17, 15) is 26.7 Å². The molecule has 18 heavy (non-hydrogen) atoms. The average molecular weight is 272 g/mol. The molecule has 104 valence electrons. The van der Waals surface area contributed by atoms with E-state index in [0.29, 0.717) is 32.1 Å². The smallest absolute Gasteiger partial charge is 0.428 e. The third kappa shape index (κ3) is 3.20. The molecule has 0 unspecified atom stereocenters. The number of hydrogen-bond donors (Lipinski definition) is 0. The molecule has 0 aliphatic heterocycles. The van der Waals surface area contributed by atoms with Crippen molar-refractivity contribution in [3.63, 3.8) is 0 Å². The van der Waals surface area contributed by atoms with Crippen LogP contribution in [0.15, 0.2) is 11.7 Å². The Bertz CT molecular complexity index is 349. The van der Waals surface area contributed by atoms with Crippen molar-refractivity contribution in [2.75, 3.05) is 0 Å². The van der Waals surface area contributed by atoms with Crippen LogP contribution in [0.4, 0.5) is 22.0 Å². The average Bonchev–Trinajstić information content (AvgIpc) is 2.63. The van der Waals surface area contributed by atoms with Gasteiger partial charge in [-0.25, -0.2) is 4.79 Å². The van der Waals surface area contributed by atoms with Crippen molar-refractivity contribution in [1.82, 2.24) is 0 Å². The van der Waals surface area contributed by atoms with Gasteiger partial charge in [0.2, 0.25) is 5.57 Å². The molecule has 0 bridgehead atoms. The molecule has 0 atom stereocenters. The van der Waals surface area contributed by atoms with Gasteiger partial charge in [0.15, 0.2) is 0 Å². The molecular weight excluding hydrogens is 259 g/mol. The first kappa shape index (κ1) is 14.9. The molecule has 1 fully saturated rings. The topological polar surface area (TPSA) is 26.3 Å². The molecule has 1 saturated carbocycles. The molecular formula is C11H13F5O2. The summed E-state index contributed by atoms with van der Waals surface area (Å²) >= 11 is 0. The van der Waals surface area contributed by atoms with E-state index in [1.165, 1.54) is 0 Å². The summed E-state index contributed by atoms with van der Waals surface area (Å²) in [5.74, 6) is -1.98. The normalized spacial score (nSPS) is 18.6. The molecule has 7 heteroatoms. The van der Waals surface area contributed by atoms with Crippen LogP contribution in [0.1, 0.15) is 39.0 Å². The van der Waals surface area contributed by atoms with E-state index >= 15 is 0 Å². The van der Waals surface area contributed by atoms with Gasteiger partial charge < -0.3 is 4.74 Å². The van der Waals surface area contributed by atoms with E-state index in [1.54, 1.807) is 6.92 Å². The molecule has 1 rings (SSSR count). The summed E-state index contributed by atoms with van der Waals surface area (Å²) in [5.41, 5.74) is -3.52. The highest BCUT2D eigenvalue weighted by atomic mass is 19.4. The fourth-order valence-electron chi connectivity index (χ4n) is 2.09. The Kier molecular flexibility index (Phi) is 4.34. The summed E-state index contributed by atoms with van der Waals surface area (Å²) in [6, 6.07) is 0. The Balaban J connectivity index is 2.90. The van der Waals surface area contributed by atoms with Gasteiger partial charge in [-0.05, 0) is 32.1 Å². The van der Waals surface area contributed by atoms with Gasteiger partial charge in [0.05, 0.1) is 0 Å². The minimum Gasteiger partial charge on any atom is -0.455 e. The third-order valence-corrected chi connectivity index (χ3v) is 3.14. The van der Waals surface area contributed by atoms with Crippen LogP contribution in [0.25, 0.3) is 0 Å². The lowest BCUT2D eigenvalue weighted by Crippen LogP contribution is -2.34. The number of alkyl halides is 3. The Labute approximate surface area is 101 Å². The quantitative estimate of drug-likeness (QED) is 0.441. The Morgan fingerprint density at radius 2 is 1.72 bits per heavy atom. The van der Waals surface area contributed by atoms with Crippen LogP contribution in [0.2, 0.25) is 0 Å². The van der Waals surface area contributed by atoms with Crippen LogP contribution in [0, 0.1) is 0 Å². The predicted octanol–water partition coefficient (Wildman–Crippen LogP) is 3.97. The highest BCUT2D eigenvalue weighted by molar-refractivity contribution is 5.90. The molecule has 0 heterocycles. The molecule has 0 amide bonds. The molecule has 1 aliphatic rings. The van der Waals surface area contributed by atoms with Crippen LogP contribution < -0.4 is 0 Å². The zero-order valence-electron chi connectivity index (χ0n) is 9.74. The maximum atomic E-state index is 12.3. The van der Waals surface area contributed by atoms with Gasteiger partial charge in [-0.15, -0.1) is 0 Å². The minimum atomic E-state index is -5.40. The van der Waals surface area contributed by atoms with Crippen molar-refractivity contribution in [3.8, 4) is 0 Å². The number of halogens is 5. The van der Waals surface area contributed by atoms with E-state index in [4.69, 9.17) is 4.74 Å². The summed E-state index contributed by atoms with van der Waals surface area (Å²) in [6.45, 7) is 1.65. The second-order valence-electron chi connectivity index (χ2n) is 4.27. The van der Waals surface area contributed by atoms with E-state index in [-0.39, 0.29) is 0 Å². The minimum absolute atomic E-state index is 0.317. The number of hydrogen-bond acceptors (Lipinski definition) is 2. The number of ether oxygens (including phenoxy) is 1. The lowest BCUT2D eigenvalue weighted by Gasteiger charge is -2.28. The summed E-state index contributed by atoms with van der Waals surface area (Å²) in [7, 11) is 0. The summed E-state index contributed by atoms with van der Waals surface area (Å²) in [6.07, 6.45) is -5.89. The highest BCUT2D eigenvalue weighted by Gasteiger charge is 2.47. The maximum Gasteiger partial charge on any atom is 0.428 e. The molecule has 0 radical (unpaired) electrons. The number of esters is 1. The Morgan fingerprint density at radius 1 is 1.22 bits per heavy atom.